The number of amides is 1. The average molecular weight is 524 g/mol. The summed E-state index contributed by atoms with van der Waals surface area (Å²) < 4.78 is 11.7. The van der Waals surface area contributed by atoms with Crippen molar-refractivity contribution < 1.29 is 13.9 Å². The van der Waals surface area contributed by atoms with Crippen molar-refractivity contribution in [2.24, 2.45) is 0 Å². The Labute approximate surface area is 231 Å². The van der Waals surface area contributed by atoms with E-state index in [1.165, 1.54) is 16.7 Å². The number of carbonyl (C=O) groups excluding carboxylic acids is 1. The molecule has 0 spiro atoms. The van der Waals surface area contributed by atoms with Gasteiger partial charge in [0.1, 0.15) is 11.5 Å². The van der Waals surface area contributed by atoms with Crippen molar-refractivity contribution in [3.63, 3.8) is 0 Å². The first-order valence-electron chi connectivity index (χ1n) is 13.8. The van der Waals surface area contributed by atoms with E-state index in [-0.39, 0.29) is 5.91 Å². The van der Waals surface area contributed by atoms with E-state index in [0.717, 1.165) is 44.2 Å². The lowest BCUT2D eigenvalue weighted by Gasteiger charge is -2.34. The zero-order valence-electron chi connectivity index (χ0n) is 22.7. The van der Waals surface area contributed by atoms with Crippen LogP contribution in [-0.4, -0.2) is 53.4 Å². The summed E-state index contributed by atoms with van der Waals surface area (Å²) in [7, 11) is 0. The highest BCUT2D eigenvalue weighted by Crippen LogP contribution is 2.20. The van der Waals surface area contributed by atoms with Crippen LogP contribution in [0.4, 0.5) is 0 Å². The maximum Gasteiger partial charge on any atom is 0.289 e. The molecule has 0 N–H and O–H groups in total. The summed E-state index contributed by atoms with van der Waals surface area (Å²) in [6.45, 7) is 8.85. The van der Waals surface area contributed by atoms with Crippen LogP contribution in [0.1, 0.15) is 39.9 Å². The molecule has 4 aromatic rings. The lowest BCUT2D eigenvalue weighted by Crippen LogP contribution is -2.48. The van der Waals surface area contributed by atoms with Gasteiger partial charge in [-0.15, -0.1) is 0 Å². The zero-order chi connectivity index (χ0) is 26.9. The third-order valence-corrected chi connectivity index (χ3v) is 7.05. The Kier molecular flexibility index (Phi) is 9.09. The molecule has 0 unspecified atom stereocenters. The van der Waals surface area contributed by atoms with Crippen molar-refractivity contribution in [3.05, 3.63) is 125 Å². The SMILES string of the molecule is CCOc1ccc(CN(Cc2ccccc2)Cc2ccc(C(=O)N3CCN(Cc4ccccc4)CC3)o2)cc1. The summed E-state index contributed by atoms with van der Waals surface area (Å²) in [5, 5.41) is 0. The highest BCUT2D eigenvalue weighted by molar-refractivity contribution is 5.91. The molecule has 6 nitrogen and oxygen atoms in total. The van der Waals surface area contributed by atoms with Gasteiger partial charge in [0.2, 0.25) is 0 Å². The molecule has 3 aromatic carbocycles. The molecule has 1 aliphatic rings. The van der Waals surface area contributed by atoms with Crippen molar-refractivity contribution in [1.29, 1.82) is 0 Å². The van der Waals surface area contributed by atoms with Gasteiger partial charge >= 0.3 is 0 Å². The van der Waals surface area contributed by atoms with Crippen molar-refractivity contribution in [2.45, 2.75) is 33.1 Å². The summed E-state index contributed by atoms with van der Waals surface area (Å²) >= 11 is 0. The predicted molar refractivity (Wildman–Crippen MR) is 153 cm³/mol. The van der Waals surface area contributed by atoms with Gasteiger partial charge in [-0.1, -0.05) is 72.8 Å². The number of carbonyl (C=O) groups is 1. The molecule has 0 bridgehead atoms. The van der Waals surface area contributed by atoms with Crippen LogP contribution in [0.5, 0.6) is 5.75 Å². The number of piperazine rings is 1. The van der Waals surface area contributed by atoms with Gasteiger partial charge in [0, 0.05) is 45.8 Å². The summed E-state index contributed by atoms with van der Waals surface area (Å²) in [5.74, 6) is 2.07. The Morgan fingerprint density at radius 1 is 0.744 bits per heavy atom. The topological polar surface area (TPSA) is 49.2 Å². The summed E-state index contributed by atoms with van der Waals surface area (Å²) in [5.41, 5.74) is 3.74. The molecular formula is C33H37N3O3. The minimum atomic E-state index is -0.0262. The Bertz CT molecular complexity index is 1300. The average Bonchev–Trinajstić information content (AvgIpc) is 3.44. The molecule has 0 radical (unpaired) electrons. The quantitative estimate of drug-likeness (QED) is 0.247. The second-order valence-electron chi connectivity index (χ2n) is 10.0. The molecule has 202 valence electrons. The zero-order valence-corrected chi connectivity index (χ0v) is 22.7. The third kappa shape index (κ3) is 7.59. The van der Waals surface area contributed by atoms with Gasteiger partial charge in [0.05, 0.1) is 13.2 Å². The van der Waals surface area contributed by atoms with Crippen molar-refractivity contribution in [3.8, 4) is 5.75 Å². The molecule has 1 aromatic heterocycles. The fourth-order valence-corrected chi connectivity index (χ4v) is 5.03. The maximum absolute atomic E-state index is 13.2. The van der Waals surface area contributed by atoms with Gasteiger partial charge in [-0.05, 0) is 47.9 Å². The fraction of sp³-hybridized carbons (Fsp3) is 0.303. The van der Waals surface area contributed by atoms with Gasteiger partial charge < -0.3 is 14.1 Å². The molecule has 1 fully saturated rings. The maximum atomic E-state index is 13.2. The van der Waals surface area contributed by atoms with E-state index in [1.807, 2.05) is 48.2 Å². The standard InChI is InChI=1S/C33H37N3O3/c1-2-38-30-15-13-29(14-16-30)25-35(24-28-11-7-4-8-12-28)26-31-17-18-32(39-31)33(37)36-21-19-34(20-22-36)23-27-9-5-3-6-10-27/h3-18H,2,19-26H2,1H3. The molecule has 5 rings (SSSR count). The summed E-state index contributed by atoms with van der Waals surface area (Å²) in [6.07, 6.45) is 0. The largest absolute Gasteiger partial charge is 0.494 e. The molecule has 2 heterocycles. The first kappa shape index (κ1) is 26.7. The van der Waals surface area contributed by atoms with Crippen LogP contribution < -0.4 is 4.74 Å². The van der Waals surface area contributed by atoms with Crippen LogP contribution in [-0.2, 0) is 26.2 Å². The minimum Gasteiger partial charge on any atom is -0.494 e. The van der Waals surface area contributed by atoms with E-state index >= 15 is 0 Å². The van der Waals surface area contributed by atoms with E-state index in [2.05, 4.69) is 70.5 Å². The molecule has 39 heavy (non-hydrogen) atoms. The van der Waals surface area contributed by atoms with Crippen molar-refractivity contribution >= 4 is 5.91 Å². The number of ether oxygens (including phenoxy) is 1. The highest BCUT2D eigenvalue weighted by atomic mass is 16.5. The van der Waals surface area contributed by atoms with Crippen molar-refractivity contribution in [1.82, 2.24) is 14.7 Å². The predicted octanol–water partition coefficient (Wildman–Crippen LogP) is 5.84. The number of hydrogen-bond acceptors (Lipinski definition) is 5. The molecule has 0 saturated carbocycles. The van der Waals surface area contributed by atoms with E-state index in [9.17, 15) is 4.79 Å². The Morgan fingerprint density at radius 3 is 2.00 bits per heavy atom. The first-order chi connectivity index (χ1) is 19.2. The number of rotatable bonds is 11. The van der Waals surface area contributed by atoms with Gasteiger partial charge in [-0.25, -0.2) is 0 Å². The number of benzene rings is 3. The number of furan rings is 1. The van der Waals surface area contributed by atoms with Gasteiger partial charge in [0.15, 0.2) is 5.76 Å². The molecular weight excluding hydrogens is 486 g/mol. The Hall–Kier alpha value is -3.87. The molecule has 1 saturated heterocycles. The monoisotopic (exact) mass is 523 g/mol. The van der Waals surface area contributed by atoms with E-state index < -0.39 is 0 Å². The van der Waals surface area contributed by atoms with E-state index in [4.69, 9.17) is 9.15 Å². The fourth-order valence-electron chi connectivity index (χ4n) is 5.03. The highest BCUT2D eigenvalue weighted by Gasteiger charge is 2.24. The number of nitrogens with zero attached hydrogens (tertiary/aromatic N) is 3. The molecule has 0 atom stereocenters. The second-order valence-corrected chi connectivity index (χ2v) is 10.0. The Morgan fingerprint density at radius 2 is 1.36 bits per heavy atom. The molecule has 0 aliphatic carbocycles. The number of hydrogen-bond donors (Lipinski definition) is 0. The van der Waals surface area contributed by atoms with Crippen LogP contribution in [0.3, 0.4) is 0 Å². The van der Waals surface area contributed by atoms with Gasteiger partial charge in [0.25, 0.3) is 5.91 Å². The normalized spacial score (nSPS) is 14.1. The van der Waals surface area contributed by atoms with Crippen LogP contribution in [0, 0.1) is 0 Å². The molecule has 1 amide bonds. The first-order valence-corrected chi connectivity index (χ1v) is 13.8. The van der Waals surface area contributed by atoms with Crippen LogP contribution >= 0.6 is 0 Å². The van der Waals surface area contributed by atoms with Crippen molar-refractivity contribution in [2.75, 3.05) is 32.8 Å². The summed E-state index contributed by atoms with van der Waals surface area (Å²) in [4.78, 5) is 19.9. The van der Waals surface area contributed by atoms with Crippen LogP contribution in [0.2, 0.25) is 0 Å². The third-order valence-electron chi connectivity index (χ3n) is 7.05. The van der Waals surface area contributed by atoms with E-state index in [0.29, 0.717) is 32.0 Å². The lowest BCUT2D eigenvalue weighted by atomic mass is 10.1. The van der Waals surface area contributed by atoms with E-state index in [1.54, 1.807) is 0 Å². The Balaban J connectivity index is 1.20. The summed E-state index contributed by atoms with van der Waals surface area (Å²) in [6, 6.07) is 32.9. The van der Waals surface area contributed by atoms with Gasteiger partial charge in [-0.2, -0.15) is 0 Å². The molecule has 6 heteroatoms. The second kappa shape index (κ2) is 13.3. The molecule has 1 aliphatic heterocycles. The van der Waals surface area contributed by atoms with Gasteiger partial charge in [-0.3, -0.25) is 14.6 Å². The lowest BCUT2D eigenvalue weighted by molar-refractivity contribution is 0.0594. The minimum absolute atomic E-state index is 0.0262. The van der Waals surface area contributed by atoms with Crippen LogP contribution in [0.15, 0.2) is 101 Å². The smallest absolute Gasteiger partial charge is 0.289 e. The van der Waals surface area contributed by atoms with Crippen LogP contribution in [0.25, 0.3) is 0 Å².